The second-order valence-corrected chi connectivity index (χ2v) is 9.17. The van der Waals surface area contributed by atoms with Crippen molar-refractivity contribution in [2.45, 2.75) is 140 Å². The molecule has 0 amide bonds. The molecular formula is C25H48O6. The molecule has 0 spiro atoms. The molecule has 31 heavy (non-hydrogen) atoms. The average molecular weight is 445 g/mol. The Labute approximate surface area is 189 Å². The Morgan fingerprint density at radius 1 is 0.710 bits per heavy atom. The Bertz CT molecular complexity index is 430. The van der Waals surface area contributed by atoms with Gasteiger partial charge in [0.25, 0.3) is 0 Å². The van der Waals surface area contributed by atoms with Gasteiger partial charge >= 0.3 is 5.97 Å². The quantitative estimate of drug-likeness (QED) is 0.210. The maximum absolute atomic E-state index is 12.0. The zero-order valence-electron chi connectivity index (χ0n) is 19.8. The number of unbranched alkanes of at least 4 members (excludes halogenated alkanes) is 15. The molecule has 0 unspecified atom stereocenters. The summed E-state index contributed by atoms with van der Waals surface area (Å²) in [5, 5.41) is 29.3. The second-order valence-electron chi connectivity index (χ2n) is 9.17. The van der Waals surface area contributed by atoms with Gasteiger partial charge in [0.15, 0.2) is 6.10 Å². The van der Waals surface area contributed by atoms with Crippen molar-refractivity contribution < 1.29 is 29.6 Å². The van der Waals surface area contributed by atoms with Gasteiger partial charge in [0.1, 0.15) is 18.3 Å². The molecule has 0 aromatic heterocycles. The van der Waals surface area contributed by atoms with Gasteiger partial charge in [-0.25, -0.2) is 0 Å². The number of hydrogen-bond donors (Lipinski definition) is 3. The summed E-state index contributed by atoms with van der Waals surface area (Å²) in [7, 11) is 0. The number of hydrogen-bond acceptors (Lipinski definition) is 6. The van der Waals surface area contributed by atoms with E-state index in [9.17, 15) is 20.1 Å². The topological polar surface area (TPSA) is 96.2 Å². The van der Waals surface area contributed by atoms with Gasteiger partial charge in [-0.3, -0.25) is 4.79 Å². The van der Waals surface area contributed by atoms with Crippen LogP contribution in [0.15, 0.2) is 0 Å². The highest BCUT2D eigenvalue weighted by molar-refractivity contribution is 5.69. The van der Waals surface area contributed by atoms with Gasteiger partial charge in [0.05, 0.1) is 13.2 Å². The highest BCUT2D eigenvalue weighted by Gasteiger charge is 2.36. The molecule has 0 aromatic rings. The van der Waals surface area contributed by atoms with Crippen LogP contribution in [0, 0.1) is 0 Å². The van der Waals surface area contributed by atoms with Crippen LogP contribution in [0.3, 0.4) is 0 Å². The molecular weight excluding hydrogens is 396 g/mol. The van der Waals surface area contributed by atoms with Crippen molar-refractivity contribution in [3.8, 4) is 0 Å². The fourth-order valence-corrected chi connectivity index (χ4v) is 4.10. The number of rotatable bonds is 18. The molecule has 0 aromatic carbocycles. The first-order valence-corrected chi connectivity index (χ1v) is 12.9. The molecule has 1 heterocycles. The minimum Gasteiger partial charge on any atom is -0.457 e. The Morgan fingerprint density at radius 3 is 1.65 bits per heavy atom. The van der Waals surface area contributed by atoms with Gasteiger partial charge in [-0.05, 0) is 6.42 Å². The van der Waals surface area contributed by atoms with Crippen LogP contribution in [-0.2, 0) is 14.3 Å². The van der Waals surface area contributed by atoms with E-state index in [0.717, 1.165) is 19.3 Å². The van der Waals surface area contributed by atoms with Gasteiger partial charge in [-0.15, -0.1) is 0 Å². The first-order valence-electron chi connectivity index (χ1n) is 12.9. The van der Waals surface area contributed by atoms with E-state index in [4.69, 9.17) is 9.47 Å². The molecule has 4 atom stereocenters. The average Bonchev–Trinajstić information content (AvgIpc) is 2.87. The van der Waals surface area contributed by atoms with Crippen LogP contribution in [0.5, 0.6) is 0 Å². The first kappa shape index (κ1) is 28.3. The minimum absolute atomic E-state index is 0.0139. The van der Waals surface area contributed by atoms with Crippen LogP contribution in [-0.4, -0.2) is 58.9 Å². The molecule has 3 N–H and O–H groups in total. The third-order valence-electron chi connectivity index (χ3n) is 6.21. The molecule has 0 aliphatic carbocycles. The molecule has 6 heteroatoms. The van der Waals surface area contributed by atoms with Gasteiger partial charge in [-0.2, -0.15) is 0 Å². The van der Waals surface area contributed by atoms with Crippen molar-refractivity contribution in [3.63, 3.8) is 0 Å². The Balaban J connectivity index is 1.88. The minimum atomic E-state index is -1.36. The predicted octanol–water partition coefficient (Wildman–Crippen LogP) is 4.66. The Morgan fingerprint density at radius 2 is 1.16 bits per heavy atom. The summed E-state index contributed by atoms with van der Waals surface area (Å²) in [6, 6.07) is 0. The van der Waals surface area contributed by atoms with E-state index in [2.05, 4.69) is 6.92 Å². The lowest BCUT2D eigenvalue weighted by Crippen LogP contribution is -2.45. The van der Waals surface area contributed by atoms with Crippen molar-refractivity contribution >= 4 is 5.97 Å². The zero-order chi connectivity index (χ0) is 22.7. The first-order chi connectivity index (χ1) is 15.1. The Hall–Kier alpha value is -0.690. The van der Waals surface area contributed by atoms with Crippen molar-refractivity contribution in [2.24, 2.45) is 0 Å². The third kappa shape index (κ3) is 14.1. The number of aliphatic hydroxyl groups excluding tert-OH is 3. The number of carbonyl (C=O) groups is 1. The molecule has 1 fully saturated rings. The van der Waals surface area contributed by atoms with E-state index in [1.807, 2.05) is 0 Å². The van der Waals surface area contributed by atoms with Crippen LogP contribution < -0.4 is 0 Å². The maximum atomic E-state index is 12.0. The van der Waals surface area contributed by atoms with Gasteiger partial charge in [0, 0.05) is 6.42 Å². The van der Waals surface area contributed by atoms with Gasteiger partial charge in [0.2, 0.25) is 0 Å². The van der Waals surface area contributed by atoms with Crippen molar-refractivity contribution in [1.29, 1.82) is 0 Å². The summed E-state index contributed by atoms with van der Waals surface area (Å²) in [5.41, 5.74) is 0. The Kier molecular flexibility index (Phi) is 17.2. The standard InChI is InChI=1S/C25H48O6/c1-2-3-4-5-6-7-8-9-10-11-12-13-14-15-16-17-18-23(27)31-22-20-30-19-21(26)24(28)25(22)29/h21-22,24-26,28-29H,2-20H2,1H3/t21-,22-,24-,25-/m1/s1. The maximum Gasteiger partial charge on any atom is 0.306 e. The second kappa shape index (κ2) is 18.8. The van der Waals surface area contributed by atoms with E-state index >= 15 is 0 Å². The summed E-state index contributed by atoms with van der Waals surface area (Å²) in [6.07, 6.45) is 16.0. The van der Waals surface area contributed by atoms with Gasteiger partial charge < -0.3 is 24.8 Å². The lowest BCUT2D eigenvalue weighted by Gasteiger charge is -2.24. The molecule has 0 radical (unpaired) electrons. The summed E-state index contributed by atoms with van der Waals surface area (Å²) >= 11 is 0. The van der Waals surface area contributed by atoms with Gasteiger partial charge in [-0.1, -0.05) is 103 Å². The van der Waals surface area contributed by atoms with Crippen LogP contribution in [0.1, 0.15) is 116 Å². The largest absolute Gasteiger partial charge is 0.457 e. The number of ether oxygens (including phenoxy) is 2. The molecule has 1 saturated heterocycles. The fraction of sp³-hybridized carbons (Fsp3) is 0.960. The van der Waals surface area contributed by atoms with Crippen LogP contribution in [0.2, 0.25) is 0 Å². The van der Waals surface area contributed by atoms with Crippen molar-refractivity contribution in [1.82, 2.24) is 0 Å². The van der Waals surface area contributed by atoms with Crippen LogP contribution >= 0.6 is 0 Å². The highest BCUT2D eigenvalue weighted by atomic mass is 16.6. The lowest BCUT2D eigenvalue weighted by atomic mass is 10.0. The summed E-state index contributed by atoms with van der Waals surface area (Å²) in [4.78, 5) is 12.0. The fourth-order valence-electron chi connectivity index (χ4n) is 4.10. The van der Waals surface area contributed by atoms with E-state index in [0.29, 0.717) is 6.42 Å². The zero-order valence-corrected chi connectivity index (χ0v) is 19.8. The van der Waals surface area contributed by atoms with Crippen molar-refractivity contribution in [3.05, 3.63) is 0 Å². The van der Waals surface area contributed by atoms with Crippen molar-refractivity contribution in [2.75, 3.05) is 13.2 Å². The number of aliphatic hydroxyl groups is 3. The molecule has 184 valence electrons. The molecule has 1 rings (SSSR count). The van der Waals surface area contributed by atoms with E-state index < -0.39 is 24.4 Å². The lowest BCUT2D eigenvalue weighted by molar-refractivity contribution is -0.163. The van der Waals surface area contributed by atoms with E-state index in [1.54, 1.807) is 0 Å². The number of esters is 1. The summed E-state index contributed by atoms with van der Waals surface area (Å²) in [6.45, 7) is 2.17. The summed E-state index contributed by atoms with van der Waals surface area (Å²) < 4.78 is 10.4. The normalized spacial score (nSPS) is 24.1. The predicted molar refractivity (Wildman–Crippen MR) is 123 cm³/mol. The third-order valence-corrected chi connectivity index (χ3v) is 6.21. The van der Waals surface area contributed by atoms with Crippen LogP contribution in [0.25, 0.3) is 0 Å². The monoisotopic (exact) mass is 444 g/mol. The molecule has 0 bridgehead atoms. The SMILES string of the molecule is CCCCCCCCCCCCCCCCCCC(=O)O[C@@H]1COC[C@@H](O)[C@@H](O)[C@@H]1O. The molecule has 1 aliphatic heterocycles. The molecule has 0 saturated carbocycles. The summed E-state index contributed by atoms with van der Waals surface area (Å²) in [5.74, 6) is -0.387. The van der Waals surface area contributed by atoms with Crippen LogP contribution in [0.4, 0.5) is 0 Å². The van der Waals surface area contributed by atoms with E-state index in [1.165, 1.54) is 83.5 Å². The highest BCUT2D eigenvalue weighted by Crippen LogP contribution is 2.16. The molecule has 1 aliphatic rings. The molecule has 6 nitrogen and oxygen atoms in total. The van der Waals surface area contributed by atoms with E-state index in [-0.39, 0.29) is 19.2 Å². The number of carbonyl (C=O) groups excluding carboxylic acids is 1. The smallest absolute Gasteiger partial charge is 0.306 e.